The first-order chi connectivity index (χ1) is 18.8. The monoisotopic (exact) mass is 786 g/mol. The molecular formula is C27H21ClI2N4O4S. The van der Waals surface area contributed by atoms with E-state index in [9.17, 15) is 9.59 Å². The molecule has 1 amide bonds. The van der Waals surface area contributed by atoms with Crippen LogP contribution in [-0.4, -0.2) is 36.3 Å². The van der Waals surface area contributed by atoms with E-state index < -0.39 is 5.97 Å². The minimum absolute atomic E-state index is 0.161. The van der Waals surface area contributed by atoms with Gasteiger partial charge >= 0.3 is 5.97 Å². The highest BCUT2D eigenvalue weighted by Gasteiger charge is 2.12. The third-order valence-electron chi connectivity index (χ3n) is 5.08. The largest absolute Gasteiger partial charge is 0.480 e. The van der Waals surface area contributed by atoms with Crippen LogP contribution in [0.5, 0.6) is 5.75 Å². The summed E-state index contributed by atoms with van der Waals surface area (Å²) in [6, 6.07) is 18.2. The number of hydrazone groups is 1. The molecule has 0 saturated carbocycles. The number of hydrogen-bond acceptors (Lipinski definition) is 8. The van der Waals surface area contributed by atoms with E-state index in [1.54, 1.807) is 25.3 Å². The third-order valence-corrected chi connectivity index (χ3v) is 7.69. The topological polar surface area (TPSA) is 102 Å². The van der Waals surface area contributed by atoms with Crippen molar-refractivity contribution >= 4 is 97.0 Å². The number of ether oxygens (including phenoxy) is 2. The Morgan fingerprint density at radius 1 is 1.08 bits per heavy atom. The zero-order valence-corrected chi connectivity index (χ0v) is 26.3. The van der Waals surface area contributed by atoms with Crippen LogP contribution in [0.4, 0.5) is 10.8 Å². The molecule has 0 aliphatic heterocycles. The number of benzene rings is 3. The molecule has 0 atom stereocenters. The zero-order valence-electron chi connectivity index (χ0n) is 20.4. The number of anilines is 2. The molecule has 2 N–H and O–H groups in total. The van der Waals surface area contributed by atoms with E-state index in [0.717, 1.165) is 34.8 Å². The minimum Gasteiger partial charge on any atom is -0.480 e. The van der Waals surface area contributed by atoms with Gasteiger partial charge in [-0.15, -0.1) is 11.3 Å². The number of aromatic nitrogens is 1. The van der Waals surface area contributed by atoms with Crippen molar-refractivity contribution < 1.29 is 19.1 Å². The molecule has 200 valence electrons. The molecule has 0 aliphatic rings. The number of thiazole rings is 1. The summed E-state index contributed by atoms with van der Waals surface area (Å²) in [5, 5.41) is 10.7. The first kappa shape index (κ1) is 29.2. The van der Waals surface area contributed by atoms with Gasteiger partial charge in [0.2, 0.25) is 0 Å². The van der Waals surface area contributed by atoms with Gasteiger partial charge in [0.25, 0.3) is 5.91 Å². The lowest BCUT2D eigenvalue weighted by atomic mass is 10.1. The highest BCUT2D eigenvalue weighted by atomic mass is 127. The van der Waals surface area contributed by atoms with E-state index in [1.807, 2.05) is 53.9 Å². The van der Waals surface area contributed by atoms with Crippen molar-refractivity contribution in [2.45, 2.75) is 6.92 Å². The first-order valence-electron chi connectivity index (χ1n) is 11.5. The molecule has 8 nitrogen and oxygen atoms in total. The molecule has 3 aromatic carbocycles. The highest BCUT2D eigenvalue weighted by molar-refractivity contribution is 14.1. The van der Waals surface area contributed by atoms with Crippen molar-refractivity contribution in [2.75, 3.05) is 18.5 Å². The van der Waals surface area contributed by atoms with Gasteiger partial charge < -0.3 is 14.8 Å². The molecule has 39 heavy (non-hydrogen) atoms. The maximum Gasteiger partial charge on any atom is 0.344 e. The molecule has 4 rings (SSSR count). The molecule has 0 fully saturated rings. The Labute approximate surface area is 261 Å². The SMILES string of the molecule is CCOC(=O)COc1c(I)cc(/C=N\NC(=O)c2ccc(-c3csc(Nc4ccc(Cl)cc4)n3)cc2)cc1I. The van der Waals surface area contributed by atoms with Crippen molar-refractivity contribution in [2.24, 2.45) is 5.10 Å². The van der Waals surface area contributed by atoms with Gasteiger partial charge in [0.15, 0.2) is 11.7 Å². The van der Waals surface area contributed by atoms with Crippen molar-refractivity contribution in [1.29, 1.82) is 0 Å². The second-order valence-electron chi connectivity index (χ2n) is 7.85. The van der Waals surface area contributed by atoms with E-state index in [-0.39, 0.29) is 12.5 Å². The Morgan fingerprint density at radius 3 is 2.44 bits per heavy atom. The highest BCUT2D eigenvalue weighted by Crippen LogP contribution is 2.29. The van der Waals surface area contributed by atoms with Gasteiger partial charge in [0, 0.05) is 27.2 Å². The van der Waals surface area contributed by atoms with Gasteiger partial charge in [-0.25, -0.2) is 15.2 Å². The summed E-state index contributed by atoms with van der Waals surface area (Å²) in [6.45, 7) is 1.89. The van der Waals surface area contributed by atoms with Crippen molar-refractivity contribution in [3.8, 4) is 17.0 Å². The maximum absolute atomic E-state index is 12.6. The molecular weight excluding hydrogens is 766 g/mol. The van der Waals surface area contributed by atoms with Crippen LogP contribution >= 0.6 is 68.1 Å². The maximum atomic E-state index is 12.6. The second kappa shape index (κ2) is 14.1. The van der Waals surface area contributed by atoms with E-state index >= 15 is 0 Å². The van der Waals surface area contributed by atoms with E-state index in [1.165, 1.54) is 11.3 Å². The number of hydrogen-bond donors (Lipinski definition) is 2. The molecule has 12 heteroatoms. The smallest absolute Gasteiger partial charge is 0.344 e. The summed E-state index contributed by atoms with van der Waals surface area (Å²) in [4.78, 5) is 28.8. The van der Waals surface area contributed by atoms with E-state index in [4.69, 9.17) is 21.1 Å². The number of amides is 1. The third kappa shape index (κ3) is 8.37. The number of rotatable bonds is 10. The fourth-order valence-electron chi connectivity index (χ4n) is 3.27. The molecule has 0 spiro atoms. The normalized spacial score (nSPS) is 10.9. The lowest BCUT2D eigenvalue weighted by Crippen LogP contribution is -2.17. The van der Waals surface area contributed by atoms with Crippen LogP contribution in [0.15, 0.2) is 71.1 Å². The Morgan fingerprint density at radius 2 is 1.77 bits per heavy atom. The first-order valence-corrected chi connectivity index (χ1v) is 14.9. The van der Waals surface area contributed by atoms with Crippen molar-refractivity contribution in [3.05, 3.63) is 89.3 Å². The Hall–Kier alpha value is -2.75. The van der Waals surface area contributed by atoms with Crippen LogP contribution in [0, 0.1) is 7.14 Å². The quantitative estimate of drug-likeness (QED) is 0.0769. The fourth-order valence-corrected chi connectivity index (χ4v) is 6.26. The summed E-state index contributed by atoms with van der Waals surface area (Å²) < 4.78 is 12.1. The van der Waals surface area contributed by atoms with Crippen LogP contribution in [0.1, 0.15) is 22.8 Å². The van der Waals surface area contributed by atoms with Gasteiger partial charge in [0.1, 0.15) is 5.75 Å². The summed E-state index contributed by atoms with van der Waals surface area (Å²) >= 11 is 11.7. The summed E-state index contributed by atoms with van der Waals surface area (Å²) in [5.41, 5.74) is 6.39. The number of carbonyl (C=O) groups is 2. The predicted molar refractivity (Wildman–Crippen MR) is 171 cm³/mol. The van der Waals surface area contributed by atoms with Gasteiger partial charge in [-0.2, -0.15) is 5.10 Å². The fraction of sp³-hybridized carbons (Fsp3) is 0.111. The summed E-state index contributed by atoms with van der Waals surface area (Å²) in [6.07, 6.45) is 1.55. The standard InChI is InChI=1S/C27H21ClI2N4O4S/c1-2-37-24(35)14-38-25-21(29)11-16(12-22(25)30)13-31-34-26(36)18-5-3-17(4-6-18)23-15-39-27(33-23)32-20-9-7-19(28)8-10-20/h3-13,15H,2,14H2,1H3,(H,32,33)(H,34,36)/b31-13-. The molecule has 0 bridgehead atoms. The molecule has 0 aliphatic carbocycles. The minimum atomic E-state index is -0.423. The second-order valence-corrected chi connectivity index (χ2v) is 11.5. The van der Waals surface area contributed by atoms with E-state index in [0.29, 0.717) is 22.9 Å². The van der Waals surface area contributed by atoms with Crippen LogP contribution in [0.2, 0.25) is 5.02 Å². The average Bonchev–Trinajstić information content (AvgIpc) is 3.38. The average molecular weight is 787 g/mol. The molecule has 4 aromatic rings. The van der Waals surface area contributed by atoms with Gasteiger partial charge in [-0.05, 0) is 106 Å². The van der Waals surface area contributed by atoms with E-state index in [2.05, 4.69) is 66.0 Å². The van der Waals surface area contributed by atoms with Crippen molar-refractivity contribution in [1.82, 2.24) is 10.4 Å². The molecule has 0 unspecified atom stereocenters. The van der Waals surface area contributed by atoms with Crippen LogP contribution in [0.3, 0.4) is 0 Å². The predicted octanol–water partition coefficient (Wildman–Crippen LogP) is 7.12. The van der Waals surface area contributed by atoms with Crippen LogP contribution in [0.25, 0.3) is 11.3 Å². The van der Waals surface area contributed by atoms with Gasteiger partial charge in [-0.1, -0.05) is 23.7 Å². The summed E-state index contributed by atoms with van der Waals surface area (Å²) in [5.74, 6) is -0.161. The van der Waals surface area contributed by atoms with Gasteiger partial charge in [0.05, 0.1) is 25.7 Å². The zero-order chi connectivity index (χ0) is 27.8. The molecule has 0 saturated heterocycles. The number of esters is 1. The van der Waals surface area contributed by atoms with Crippen LogP contribution < -0.4 is 15.5 Å². The lowest BCUT2D eigenvalue weighted by molar-refractivity contribution is -0.145. The number of nitrogens with one attached hydrogen (secondary N) is 2. The number of nitrogens with zero attached hydrogens (tertiary/aromatic N) is 2. The Balaban J connectivity index is 1.33. The summed E-state index contributed by atoms with van der Waals surface area (Å²) in [7, 11) is 0. The van der Waals surface area contributed by atoms with Crippen molar-refractivity contribution in [3.63, 3.8) is 0 Å². The molecule has 0 radical (unpaired) electrons. The molecule has 1 aromatic heterocycles. The van der Waals surface area contributed by atoms with Gasteiger partial charge in [-0.3, -0.25) is 4.79 Å². The number of carbonyl (C=O) groups excluding carboxylic acids is 2. The molecule has 1 heterocycles. The number of halogens is 3. The Bertz CT molecular complexity index is 1470. The lowest BCUT2D eigenvalue weighted by Gasteiger charge is -2.10. The Kier molecular flexibility index (Phi) is 10.5. The van der Waals surface area contributed by atoms with Crippen LogP contribution in [-0.2, 0) is 9.53 Å².